The molecule has 5 heteroatoms. The van der Waals surface area contributed by atoms with Crippen molar-refractivity contribution >= 4 is 23.4 Å². The van der Waals surface area contributed by atoms with Crippen molar-refractivity contribution in [2.24, 2.45) is 0 Å². The van der Waals surface area contributed by atoms with E-state index < -0.39 is 5.91 Å². The summed E-state index contributed by atoms with van der Waals surface area (Å²) in [6.07, 6.45) is 0. The van der Waals surface area contributed by atoms with Crippen molar-refractivity contribution in [3.63, 3.8) is 0 Å². The van der Waals surface area contributed by atoms with Gasteiger partial charge in [-0.05, 0) is 61.7 Å². The highest BCUT2D eigenvalue weighted by Gasteiger charge is 2.37. The molecule has 0 saturated heterocycles. The summed E-state index contributed by atoms with van der Waals surface area (Å²) in [5.74, 6) is -1.06. The Morgan fingerprint density at radius 2 is 1.47 bits per heavy atom. The summed E-state index contributed by atoms with van der Waals surface area (Å²) in [7, 11) is 0. The first-order valence-electron chi connectivity index (χ1n) is 9.79. The second-order valence-corrected chi connectivity index (χ2v) is 7.66. The molecular formula is C25H22N2O3. The third-order valence-electron chi connectivity index (χ3n) is 5.33. The summed E-state index contributed by atoms with van der Waals surface area (Å²) in [5.41, 5.74) is 5.44. The van der Waals surface area contributed by atoms with Crippen LogP contribution in [-0.4, -0.2) is 17.7 Å². The summed E-state index contributed by atoms with van der Waals surface area (Å²) in [5, 5.41) is 2.86. The third kappa shape index (κ3) is 3.50. The van der Waals surface area contributed by atoms with Crippen LogP contribution in [0.2, 0.25) is 0 Å². The largest absolute Gasteiger partial charge is 0.348 e. The zero-order valence-electron chi connectivity index (χ0n) is 17.2. The Kier molecular flexibility index (Phi) is 4.96. The summed E-state index contributed by atoms with van der Waals surface area (Å²) in [4.78, 5) is 39.7. The van der Waals surface area contributed by atoms with Gasteiger partial charge in [-0.15, -0.1) is 0 Å². The molecule has 30 heavy (non-hydrogen) atoms. The molecule has 1 aliphatic rings. The number of hydrogen-bond acceptors (Lipinski definition) is 3. The number of imide groups is 1. The van der Waals surface area contributed by atoms with Gasteiger partial charge in [0, 0.05) is 12.1 Å². The Morgan fingerprint density at radius 3 is 2.20 bits per heavy atom. The van der Waals surface area contributed by atoms with Gasteiger partial charge in [0.05, 0.1) is 16.8 Å². The van der Waals surface area contributed by atoms with E-state index >= 15 is 0 Å². The molecule has 0 radical (unpaired) electrons. The molecule has 0 saturated carbocycles. The average Bonchev–Trinajstić information content (AvgIpc) is 2.99. The van der Waals surface area contributed by atoms with Gasteiger partial charge < -0.3 is 5.32 Å². The number of hydrogen-bond donors (Lipinski definition) is 1. The molecule has 0 spiro atoms. The zero-order chi connectivity index (χ0) is 21.4. The molecular weight excluding hydrogens is 376 g/mol. The summed E-state index contributed by atoms with van der Waals surface area (Å²) in [6.45, 7) is 6.17. The Labute approximate surface area is 175 Å². The first-order chi connectivity index (χ1) is 14.3. The quantitative estimate of drug-likeness (QED) is 0.665. The van der Waals surface area contributed by atoms with Gasteiger partial charge in [0.1, 0.15) is 0 Å². The minimum absolute atomic E-state index is 0.254. The normalized spacial score (nSPS) is 12.8. The van der Waals surface area contributed by atoms with E-state index in [0.717, 1.165) is 22.3 Å². The van der Waals surface area contributed by atoms with Crippen LogP contribution in [0.25, 0.3) is 0 Å². The highest BCUT2D eigenvalue weighted by molar-refractivity contribution is 6.35. The number of rotatable bonds is 4. The van der Waals surface area contributed by atoms with Crippen molar-refractivity contribution in [2.45, 2.75) is 27.3 Å². The smallest absolute Gasteiger partial charge is 0.266 e. The van der Waals surface area contributed by atoms with Gasteiger partial charge in [-0.1, -0.05) is 42.0 Å². The second kappa shape index (κ2) is 7.59. The summed E-state index contributed by atoms with van der Waals surface area (Å²) < 4.78 is 0. The fourth-order valence-corrected chi connectivity index (χ4v) is 3.55. The summed E-state index contributed by atoms with van der Waals surface area (Å²) >= 11 is 0. The summed E-state index contributed by atoms with van der Waals surface area (Å²) in [6, 6.07) is 18.2. The molecule has 1 aliphatic heterocycles. The number of carbonyl (C=O) groups is 3. The number of amides is 3. The third-order valence-corrected chi connectivity index (χ3v) is 5.33. The molecule has 3 amide bonds. The minimum Gasteiger partial charge on any atom is -0.348 e. The van der Waals surface area contributed by atoms with E-state index in [1.807, 2.05) is 63.2 Å². The van der Waals surface area contributed by atoms with E-state index in [-0.39, 0.29) is 17.4 Å². The van der Waals surface area contributed by atoms with Gasteiger partial charge in [0.2, 0.25) is 0 Å². The van der Waals surface area contributed by atoms with Crippen LogP contribution in [0.15, 0.2) is 60.7 Å². The zero-order valence-corrected chi connectivity index (χ0v) is 17.2. The molecule has 150 valence electrons. The van der Waals surface area contributed by atoms with E-state index in [1.165, 1.54) is 11.0 Å². The predicted molar refractivity (Wildman–Crippen MR) is 116 cm³/mol. The van der Waals surface area contributed by atoms with Crippen LogP contribution in [0.3, 0.4) is 0 Å². The first-order valence-corrected chi connectivity index (χ1v) is 9.79. The second-order valence-electron chi connectivity index (χ2n) is 7.66. The van der Waals surface area contributed by atoms with Crippen LogP contribution in [0.4, 0.5) is 5.69 Å². The first kappa shape index (κ1) is 19.6. The van der Waals surface area contributed by atoms with Gasteiger partial charge in [-0.2, -0.15) is 0 Å². The maximum absolute atomic E-state index is 13.0. The molecule has 1 N–H and O–H groups in total. The number of anilines is 1. The molecule has 1 heterocycles. The van der Waals surface area contributed by atoms with Crippen LogP contribution in [0.1, 0.15) is 53.3 Å². The van der Waals surface area contributed by atoms with Crippen molar-refractivity contribution in [3.05, 3.63) is 99.6 Å². The van der Waals surface area contributed by atoms with Gasteiger partial charge in [-0.3, -0.25) is 14.4 Å². The molecule has 4 rings (SSSR count). The van der Waals surface area contributed by atoms with E-state index in [2.05, 4.69) is 5.32 Å². The highest BCUT2D eigenvalue weighted by atomic mass is 16.2. The molecule has 0 unspecified atom stereocenters. The van der Waals surface area contributed by atoms with Crippen molar-refractivity contribution in [2.75, 3.05) is 4.90 Å². The maximum Gasteiger partial charge on any atom is 0.266 e. The molecule has 0 bridgehead atoms. The number of benzene rings is 3. The number of nitrogens with zero attached hydrogens (tertiary/aromatic N) is 1. The molecule has 3 aromatic carbocycles. The molecule has 5 nitrogen and oxygen atoms in total. The van der Waals surface area contributed by atoms with Gasteiger partial charge in [0.25, 0.3) is 17.7 Å². The van der Waals surface area contributed by atoms with Crippen LogP contribution < -0.4 is 10.2 Å². The topological polar surface area (TPSA) is 66.5 Å². The molecule has 3 aromatic rings. The number of nitrogens with one attached hydrogen (secondary N) is 1. The lowest BCUT2D eigenvalue weighted by atomic mass is 10.1. The van der Waals surface area contributed by atoms with Crippen molar-refractivity contribution < 1.29 is 14.4 Å². The van der Waals surface area contributed by atoms with Crippen LogP contribution in [0, 0.1) is 20.8 Å². The minimum atomic E-state index is -0.406. The van der Waals surface area contributed by atoms with E-state index in [4.69, 9.17) is 0 Å². The Bertz CT molecular complexity index is 1180. The monoisotopic (exact) mass is 398 g/mol. The van der Waals surface area contributed by atoms with Gasteiger partial charge in [-0.25, -0.2) is 4.90 Å². The van der Waals surface area contributed by atoms with E-state index in [0.29, 0.717) is 23.4 Å². The number of carbonyl (C=O) groups excluding carboxylic acids is 3. The van der Waals surface area contributed by atoms with Crippen LogP contribution in [-0.2, 0) is 6.54 Å². The Balaban J connectivity index is 1.57. The Morgan fingerprint density at radius 1 is 0.800 bits per heavy atom. The number of aryl methyl sites for hydroxylation is 3. The Hall–Kier alpha value is -3.73. The van der Waals surface area contributed by atoms with Crippen molar-refractivity contribution in [1.82, 2.24) is 5.32 Å². The average molecular weight is 398 g/mol. The van der Waals surface area contributed by atoms with Crippen molar-refractivity contribution in [3.8, 4) is 0 Å². The van der Waals surface area contributed by atoms with E-state index in [9.17, 15) is 14.4 Å². The number of fused-ring (bicyclic) bond motifs is 1. The molecule has 0 aromatic heterocycles. The highest BCUT2D eigenvalue weighted by Crippen LogP contribution is 2.31. The standard InChI is InChI=1S/C25H22N2O3/c1-15-5-8-18(9-6-15)14-26-23(28)19-10-11-20-21(13-19)25(30)27(24(20)29)22-12-16(2)4-7-17(22)3/h4-13H,14H2,1-3H3,(H,26,28). The SMILES string of the molecule is Cc1ccc(CNC(=O)c2ccc3c(c2)C(=O)N(c2cc(C)ccc2C)C3=O)cc1. The van der Waals surface area contributed by atoms with Crippen molar-refractivity contribution in [1.29, 1.82) is 0 Å². The lowest BCUT2D eigenvalue weighted by Gasteiger charge is -2.17. The maximum atomic E-state index is 13.0. The van der Waals surface area contributed by atoms with Gasteiger partial charge >= 0.3 is 0 Å². The lowest BCUT2D eigenvalue weighted by molar-refractivity contribution is 0.0923. The molecule has 0 atom stereocenters. The fraction of sp³-hybridized carbons (Fsp3) is 0.160. The molecule has 0 fully saturated rings. The molecule has 0 aliphatic carbocycles. The van der Waals surface area contributed by atoms with E-state index in [1.54, 1.807) is 12.1 Å². The van der Waals surface area contributed by atoms with Crippen LogP contribution >= 0.6 is 0 Å². The lowest BCUT2D eigenvalue weighted by Crippen LogP contribution is -2.30. The van der Waals surface area contributed by atoms with Gasteiger partial charge in [0.15, 0.2) is 0 Å². The fourth-order valence-electron chi connectivity index (χ4n) is 3.55. The predicted octanol–water partition coefficient (Wildman–Crippen LogP) is 4.34. The van der Waals surface area contributed by atoms with Crippen LogP contribution in [0.5, 0.6) is 0 Å².